The fraction of sp³-hybridized carbons (Fsp3) is 0.571. The number of halogens is 1. The second-order valence-corrected chi connectivity index (χ2v) is 8.28. The molecule has 0 amide bonds. The minimum Gasteiger partial charge on any atom is -0.399 e. The third-order valence-corrected chi connectivity index (χ3v) is 5.88. The number of rotatable bonds is 6. The number of nitrogen functional groups attached to an aromatic ring is 1. The van der Waals surface area contributed by atoms with Gasteiger partial charge < -0.3 is 5.73 Å². The fourth-order valence-corrected chi connectivity index (χ4v) is 4.32. The van der Waals surface area contributed by atoms with Gasteiger partial charge in [-0.05, 0) is 51.9 Å². The molecule has 0 fully saturated rings. The molecule has 0 aliphatic carbocycles. The predicted octanol–water partition coefficient (Wildman–Crippen LogP) is 3.24. The Morgan fingerprint density at radius 3 is 2.25 bits per heavy atom. The third kappa shape index (κ3) is 4.46. The second-order valence-electron chi connectivity index (χ2n) is 5.69. The normalized spacial score (nSPS) is 12.6. The summed E-state index contributed by atoms with van der Waals surface area (Å²) in [5.74, 6) is 1.13. The Kier molecular flexibility index (Phi) is 6.04. The first-order valence-corrected chi connectivity index (χ1v) is 8.97. The van der Waals surface area contributed by atoms with Crippen LogP contribution < -0.4 is 10.5 Å². The highest BCUT2D eigenvalue weighted by Gasteiger charge is 2.23. The first-order chi connectivity index (χ1) is 9.15. The van der Waals surface area contributed by atoms with E-state index in [0.717, 1.165) is 0 Å². The summed E-state index contributed by atoms with van der Waals surface area (Å²) < 4.78 is 27.9. The molecule has 0 radical (unpaired) electrons. The molecular formula is C14H23BrN2O2S. The van der Waals surface area contributed by atoms with Crippen LogP contribution in [0, 0.1) is 17.8 Å². The van der Waals surface area contributed by atoms with Crippen molar-refractivity contribution in [2.24, 2.45) is 17.8 Å². The monoisotopic (exact) mass is 362 g/mol. The van der Waals surface area contributed by atoms with E-state index in [1.165, 1.54) is 6.07 Å². The lowest BCUT2D eigenvalue weighted by molar-refractivity contribution is 0.289. The molecule has 6 heteroatoms. The quantitative estimate of drug-likeness (QED) is 0.762. The molecule has 0 saturated carbocycles. The van der Waals surface area contributed by atoms with E-state index in [9.17, 15) is 8.42 Å². The first kappa shape index (κ1) is 17.5. The van der Waals surface area contributed by atoms with Crippen molar-refractivity contribution in [3.63, 3.8) is 0 Å². The summed E-state index contributed by atoms with van der Waals surface area (Å²) in [5, 5.41) is 0. The zero-order chi connectivity index (χ0) is 15.5. The van der Waals surface area contributed by atoms with Crippen LogP contribution in [0.2, 0.25) is 0 Å². The molecule has 0 bridgehead atoms. The van der Waals surface area contributed by atoms with Gasteiger partial charge in [-0.2, -0.15) is 0 Å². The summed E-state index contributed by atoms with van der Waals surface area (Å²) in [6.07, 6.45) is 0. The molecule has 0 spiro atoms. The van der Waals surface area contributed by atoms with Gasteiger partial charge in [-0.25, -0.2) is 13.1 Å². The van der Waals surface area contributed by atoms with Crippen LogP contribution in [0.3, 0.4) is 0 Å². The molecule has 0 saturated heterocycles. The number of nitrogens with one attached hydrogen (secondary N) is 1. The molecule has 1 rings (SSSR count). The van der Waals surface area contributed by atoms with E-state index >= 15 is 0 Å². The van der Waals surface area contributed by atoms with Crippen molar-refractivity contribution in [2.45, 2.75) is 32.6 Å². The highest BCUT2D eigenvalue weighted by molar-refractivity contribution is 9.10. The highest BCUT2D eigenvalue weighted by Crippen LogP contribution is 2.25. The molecule has 0 aliphatic rings. The van der Waals surface area contributed by atoms with E-state index in [-0.39, 0.29) is 4.90 Å². The van der Waals surface area contributed by atoms with Crippen molar-refractivity contribution in [1.82, 2.24) is 4.72 Å². The Balaban J connectivity index is 2.93. The summed E-state index contributed by atoms with van der Waals surface area (Å²) in [5.41, 5.74) is 6.09. The van der Waals surface area contributed by atoms with Crippen molar-refractivity contribution >= 4 is 31.6 Å². The van der Waals surface area contributed by atoms with Crippen LogP contribution in [0.25, 0.3) is 0 Å². The molecule has 0 aromatic heterocycles. The van der Waals surface area contributed by atoms with Crippen LogP contribution in [0.1, 0.15) is 27.7 Å². The summed E-state index contributed by atoms with van der Waals surface area (Å²) >= 11 is 3.26. The summed E-state index contributed by atoms with van der Waals surface area (Å²) in [6, 6.07) is 4.77. The molecular weight excluding hydrogens is 340 g/mol. The Bertz CT molecular complexity index is 548. The van der Waals surface area contributed by atoms with Crippen molar-refractivity contribution < 1.29 is 8.42 Å². The molecule has 0 aliphatic heterocycles. The van der Waals surface area contributed by atoms with Gasteiger partial charge in [0.1, 0.15) is 0 Å². The number of hydrogen-bond acceptors (Lipinski definition) is 3. The van der Waals surface area contributed by atoms with Crippen LogP contribution in [0.5, 0.6) is 0 Å². The van der Waals surface area contributed by atoms with Crippen molar-refractivity contribution in [1.29, 1.82) is 0 Å². The molecule has 0 atom stereocenters. The average molecular weight is 363 g/mol. The third-order valence-electron chi connectivity index (χ3n) is 3.47. The van der Waals surface area contributed by atoms with Crippen LogP contribution in [0.15, 0.2) is 27.6 Å². The van der Waals surface area contributed by atoms with Gasteiger partial charge in [0.25, 0.3) is 0 Å². The second kappa shape index (κ2) is 6.91. The van der Waals surface area contributed by atoms with Crippen LogP contribution in [-0.2, 0) is 10.0 Å². The SMILES string of the molecule is CC(C)C(CNS(=O)(=O)c1cc(N)ccc1Br)C(C)C. The lowest BCUT2D eigenvalue weighted by Crippen LogP contribution is -2.34. The van der Waals surface area contributed by atoms with Crippen molar-refractivity contribution in [3.8, 4) is 0 Å². The number of sulfonamides is 1. The lowest BCUT2D eigenvalue weighted by atomic mass is 9.86. The van der Waals surface area contributed by atoms with Gasteiger partial charge in [0.05, 0.1) is 4.90 Å². The number of anilines is 1. The molecule has 1 aromatic rings. The lowest BCUT2D eigenvalue weighted by Gasteiger charge is -2.25. The van der Waals surface area contributed by atoms with E-state index in [2.05, 4.69) is 48.3 Å². The number of benzene rings is 1. The Labute approximate surface area is 130 Å². The molecule has 0 unspecified atom stereocenters. The van der Waals surface area contributed by atoms with E-state index in [0.29, 0.717) is 34.5 Å². The van der Waals surface area contributed by atoms with Crippen LogP contribution >= 0.6 is 15.9 Å². The van der Waals surface area contributed by atoms with Gasteiger partial charge in [0.2, 0.25) is 10.0 Å². The Hall–Kier alpha value is -0.590. The molecule has 114 valence electrons. The number of hydrogen-bond donors (Lipinski definition) is 2. The molecule has 0 heterocycles. The van der Waals surface area contributed by atoms with E-state index in [1.807, 2.05) is 0 Å². The predicted molar refractivity (Wildman–Crippen MR) is 86.9 cm³/mol. The van der Waals surface area contributed by atoms with Gasteiger partial charge in [0.15, 0.2) is 0 Å². The van der Waals surface area contributed by atoms with E-state index < -0.39 is 10.0 Å². The topological polar surface area (TPSA) is 72.2 Å². The van der Waals surface area contributed by atoms with Crippen molar-refractivity contribution in [2.75, 3.05) is 12.3 Å². The Morgan fingerprint density at radius 1 is 1.20 bits per heavy atom. The molecule has 1 aromatic carbocycles. The summed E-state index contributed by atoms with van der Waals surface area (Å²) in [7, 11) is -3.55. The maximum absolute atomic E-state index is 12.4. The largest absolute Gasteiger partial charge is 0.399 e. The number of nitrogens with two attached hydrogens (primary N) is 1. The maximum Gasteiger partial charge on any atom is 0.241 e. The molecule has 20 heavy (non-hydrogen) atoms. The van der Waals surface area contributed by atoms with Gasteiger partial charge in [0, 0.05) is 16.7 Å². The van der Waals surface area contributed by atoms with E-state index in [4.69, 9.17) is 5.73 Å². The van der Waals surface area contributed by atoms with Gasteiger partial charge in [-0.1, -0.05) is 27.7 Å². The average Bonchev–Trinajstić information content (AvgIpc) is 2.31. The minimum atomic E-state index is -3.55. The van der Waals surface area contributed by atoms with Gasteiger partial charge in [-0.3, -0.25) is 0 Å². The minimum absolute atomic E-state index is 0.184. The maximum atomic E-state index is 12.4. The van der Waals surface area contributed by atoms with Crippen LogP contribution in [-0.4, -0.2) is 15.0 Å². The molecule has 3 N–H and O–H groups in total. The highest BCUT2D eigenvalue weighted by atomic mass is 79.9. The van der Waals surface area contributed by atoms with Gasteiger partial charge >= 0.3 is 0 Å². The molecule has 4 nitrogen and oxygen atoms in total. The van der Waals surface area contributed by atoms with E-state index in [1.54, 1.807) is 12.1 Å². The standard InChI is InChI=1S/C14H23BrN2O2S/c1-9(2)12(10(3)4)8-17-20(18,19)14-7-11(16)5-6-13(14)15/h5-7,9-10,12,17H,8,16H2,1-4H3. The van der Waals surface area contributed by atoms with Crippen molar-refractivity contribution in [3.05, 3.63) is 22.7 Å². The Morgan fingerprint density at radius 2 is 1.75 bits per heavy atom. The zero-order valence-electron chi connectivity index (χ0n) is 12.4. The summed E-state index contributed by atoms with van der Waals surface area (Å²) in [4.78, 5) is 0.184. The van der Waals surface area contributed by atoms with Crippen LogP contribution in [0.4, 0.5) is 5.69 Å². The summed E-state index contributed by atoms with van der Waals surface area (Å²) in [6.45, 7) is 8.86. The smallest absolute Gasteiger partial charge is 0.241 e. The fourth-order valence-electron chi connectivity index (χ4n) is 2.25. The zero-order valence-corrected chi connectivity index (χ0v) is 14.8. The first-order valence-electron chi connectivity index (χ1n) is 6.70. The van der Waals surface area contributed by atoms with Gasteiger partial charge in [-0.15, -0.1) is 0 Å².